The standard InChI is InChI=1S/C12H24BrNO2Si/c1-12(2,3)17(4,5)16-10-6-8-14(9-7-13)11(10)15/h10H,6-9H2,1-5H3/t10-/m0/s1. The average Bonchev–Trinajstić information content (AvgIpc) is 2.48. The summed E-state index contributed by atoms with van der Waals surface area (Å²) in [5.41, 5.74) is 0. The van der Waals surface area contributed by atoms with E-state index < -0.39 is 8.32 Å². The molecule has 1 fully saturated rings. The van der Waals surface area contributed by atoms with Crippen LogP contribution in [-0.4, -0.2) is 43.6 Å². The Morgan fingerprint density at radius 3 is 2.53 bits per heavy atom. The second-order valence-corrected chi connectivity index (χ2v) is 11.7. The minimum Gasteiger partial charge on any atom is -0.405 e. The van der Waals surface area contributed by atoms with Crippen molar-refractivity contribution in [1.29, 1.82) is 0 Å². The summed E-state index contributed by atoms with van der Waals surface area (Å²) < 4.78 is 6.18. The topological polar surface area (TPSA) is 29.5 Å². The first-order chi connectivity index (χ1) is 7.69. The number of rotatable bonds is 4. The van der Waals surface area contributed by atoms with E-state index in [9.17, 15) is 4.79 Å². The SMILES string of the molecule is CC(C)(C)[Si](C)(C)O[C@H]1CCN(CCBr)C1=O. The third-order valence-corrected chi connectivity index (χ3v) is 8.69. The Hall–Kier alpha value is 0.127. The molecular formula is C12H24BrNO2Si. The summed E-state index contributed by atoms with van der Waals surface area (Å²) in [7, 11) is -1.82. The number of carbonyl (C=O) groups is 1. The number of halogens is 1. The van der Waals surface area contributed by atoms with Gasteiger partial charge >= 0.3 is 0 Å². The lowest BCUT2D eigenvalue weighted by molar-refractivity contribution is -0.133. The quantitative estimate of drug-likeness (QED) is 0.588. The van der Waals surface area contributed by atoms with Gasteiger partial charge in [0.05, 0.1) is 0 Å². The molecular weight excluding hydrogens is 298 g/mol. The number of hydrogen-bond donors (Lipinski definition) is 0. The van der Waals surface area contributed by atoms with Crippen molar-refractivity contribution in [2.75, 3.05) is 18.4 Å². The maximum absolute atomic E-state index is 12.1. The molecule has 1 rings (SSSR count). The molecule has 1 atom stereocenters. The molecule has 0 aromatic carbocycles. The van der Waals surface area contributed by atoms with Gasteiger partial charge in [-0.1, -0.05) is 36.7 Å². The molecule has 0 aromatic rings. The minimum absolute atomic E-state index is 0.163. The highest BCUT2D eigenvalue weighted by atomic mass is 79.9. The molecule has 0 aliphatic carbocycles. The van der Waals surface area contributed by atoms with E-state index in [1.807, 2.05) is 4.90 Å². The van der Waals surface area contributed by atoms with E-state index >= 15 is 0 Å². The van der Waals surface area contributed by atoms with Crippen molar-refractivity contribution in [2.45, 2.75) is 51.4 Å². The fourth-order valence-electron chi connectivity index (χ4n) is 1.68. The molecule has 0 spiro atoms. The highest BCUT2D eigenvalue weighted by Crippen LogP contribution is 2.38. The van der Waals surface area contributed by atoms with E-state index in [2.05, 4.69) is 49.8 Å². The smallest absolute Gasteiger partial charge is 0.250 e. The van der Waals surface area contributed by atoms with Gasteiger partial charge in [0, 0.05) is 18.4 Å². The molecule has 0 bridgehead atoms. The summed E-state index contributed by atoms with van der Waals surface area (Å²) in [5, 5.41) is 1.00. The highest BCUT2D eigenvalue weighted by Gasteiger charge is 2.43. The summed E-state index contributed by atoms with van der Waals surface area (Å²) in [5.74, 6) is 0.175. The molecule has 1 amide bonds. The second-order valence-electron chi connectivity index (χ2n) is 6.17. The van der Waals surface area contributed by atoms with Crippen molar-refractivity contribution >= 4 is 30.2 Å². The zero-order valence-corrected chi connectivity index (χ0v) is 14.1. The van der Waals surface area contributed by atoms with Crippen molar-refractivity contribution in [3.8, 4) is 0 Å². The fourth-order valence-corrected chi connectivity index (χ4v) is 3.39. The molecule has 0 radical (unpaired) electrons. The molecule has 0 N–H and O–H groups in total. The van der Waals surface area contributed by atoms with Crippen molar-refractivity contribution in [3.63, 3.8) is 0 Å². The predicted molar refractivity (Wildman–Crippen MR) is 77.1 cm³/mol. The molecule has 0 aromatic heterocycles. The number of likely N-dealkylation sites (tertiary alicyclic amines) is 1. The average molecular weight is 322 g/mol. The Kier molecular flexibility index (Phi) is 4.83. The predicted octanol–water partition coefficient (Wildman–Crippen LogP) is 3.00. The number of carbonyl (C=O) groups excluding carboxylic acids is 1. The van der Waals surface area contributed by atoms with Crippen LogP contribution in [0.15, 0.2) is 0 Å². The first-order valence-electron chi connectivity index (χ1n) is 6.21. The van der Waals surface area contributed by atoms with Crippen LogP contribution in [0.1, 0.15) is 27.2 Å². The van der Waals surface area contributed by atoms with Gasteiger partial charge in [0.25, 0.3) is 5.91 Å². The normalized spacial score (nSPS) is 22.4. The molecule has 1 saturated heterocycles. The van der Waals surface area contributed by atoms with Crippen molar-refractivity contribution < 1.29 is 9.22 Å². The zero-order valence-electron chi connectivity index (χ0n) is 11.5. The Balaban J connectivity index is 2.63. The zero-order chi connectivity index (χ0) is 13.3. The molecule has 0 unspecified atom stereocenters. The van der Waals surface area contributed by atoms with Gasteiger partial charge in [-0.3, -0.25) is 4.79 Å². The van der Waals surface area contributed by atoms with Gasteiger partial charge in [0.1, 0.15) is 6.10 Å². The van der Waals surface area contributed by atoms with Crippen LogP contribution in [0.2, 0.25) is 18.1 Å². The van der Waals surface area contributed by atoms with Gasteiger partial charge in [-0.15, -0.1) is 0 Å². The lowest BCUT2D eigenvalue weighted by Gasteiger charge is -2.37. The summed E-state index contributed by atoms with van der Waals surface area (Å²) in [6.45, 7) is 12.6. The maximum Gasteiger partial charge on any atom is 0.250 e. The first-order valence-corrected chi connectivity index (χ1v) is 10.2. The van der Waals surface area contributed by atoms with Crippen LogP contribution in [-0.2, 0) is 9.22 Å². The Bertz CT molecular complexity index is 289. The van der Waals surface area contributed by atoms with Gasteiger partial charge in [0.2, 0.25) is 0 Å². The second kappa shape index (κ2) is 5.41. The largest absolute Gasteiger partial charge is 0.405 e. The molecule has 0 saturated carbocycles. The van der Waals surface area contributed by atoms with E-state index in [4.69, 9.17) is 4.43 Å². The molecule has 1 aliphatic rings. The first kappa shape index (κ1) is 15.2. The van der Waals surface area contributed by atoms with Crippen molar-refractivity contribution in [1.82, 2.24) is 4.90 Å². The lowest BCUT2D eigenvalue weighted by atomic mass is 10.2. The van der Waals surface area contributed by atoms with Crippen LogP contribution in [0.3, 0.4) is 0 Å². The summed E-state index contributed by atoms with van der Waals surface area (Å²) in [6.07, 6.45) is 0.646. The number of hydrogen-bond acceptors (Lipinski definition) is 2. The minimum atomic E-state index is -1.82. The Morgan fingerprint density at radius 1 is 1.47 bits per heavy atom. The van der Waals surface area contributed by atoms with Crippen LogP contribution >= 0.6 is 15.9 Å². The molecule has 100 valence electrons. The summed E-state index contributed by atoms with van der Waals surface area (Å²) in [6, 6.07) is 0. The molecule has 5 heteroatoms. The van der Waals surface area contributed by atoms with Gasteiger partial charge < -0.3 is 9.33 Å². The van der Waals surface area contributed by atoms with Gasteiger partial charge in [-0.05, 0) is 24.6 Å². The van der Waals surface area contributed by atoms with Gasteiger partial charge in [-0.2, -0.15) is 0 Å². The van der Waals surface area contributed by atoms with E-state index in [1.165, 1.54) is 0 Å². The lowest BCUT2D eigenvalue weighted by Crippen LogP contribution is -2.46. The molecule has 1 heterocycles. The van der Waals surface area contributed by atoms with Crippen LogP contribution in [0, 0.1) is 0 Å². The number of amides is 1. The van der Waals surface area contributed by atoms with Crippen molar-refractivity contribution in [2.24, 2.45) is 0 Å². The van der Waals surface area contributed by atoms with Crippen LogP contribution in [0.5, 0.6) is 0 Å². The van der Waals surface area contributed by atoms with Crippen molar-refractivity contribution in [3.05, 3.63) is 0 Å². The van der Waals surface area contributed by atoms with Gasteiger partial charge in [-0.25, -0.2) is 0 Å². The Morgan fingerprint density at radius 2 is 2.06 bits per heavy atom. The summed E-state index contributed by atoms with van der Waals surface area (Å²) in [4.78, 5) is 14.0. The molecule has 3 nitrogen and oxygen atoms in total. The third kappa shape index (κ3) is 3.55. The monoisotopic (exact) mass is 321 g/mol. The van der Waals surface area contributed by atoms with Gasteiger partial charge in [0.15, 0.2) is 8.32 Å². The maximum atomic E-state index is 12.1. The molecule has 1 aliphatic heterocycles. The molecule has 17 heavy (non-hydrogen) atoms. The highest BCUT2D eigenvalue weighted by molar-refractivity contribution is 9.09. The van der Waals surface area contributed by atoms with Crippen LogP contribution in [0.4, 0.5) is 0 Å². The van der Waals surface area contributed by atoms with E-state index in [-0.39, 0.29) is 17.0 Å². The van der Waals surface area contributed by atoms with E-state index in [0.29, 0.717) is 0 Å². The van der Waals surface area contributed by atoms with Crippen LogP contribution < -0.4 is 0 Å². The summed E-state index contributed by atoms with van der Waals surface area (Å²) >= 11 is 3.37. The van der Waals surface area contributed by atoms with E-state index in [0.717, 1.165) is 24.8 Å². The number of nitrogens with zero attached hydrogens (tertiary/aromatic N) is 1. The van der Waals surface area contributed by atoms with Crippen LogP contribution in [0.25, 0.3) is 0 Å². The van der Waals surface area contributed by atoms with E-state index in [1.54, 1.807) is 0 Å². The third-order valence-electron chi connectivity index (χ3n) is 3.85. The Labute approximate surface area is 114 Å². The number of alkyl halides is 1. The fraction of sp³-hybridized carbons (Fsp3) is 0.917.